The number of nitrogens with one attached hydrogen (secondary N) is 2. The molecule has 2 N–H and O–H groups in total. The quantitative estimate of drug-likeness (QED) is 0.753. The number of anilines is 1. The summed E-state index contributed by atoms with van der Waals surface area (Å²) in [6, 6.07) is 7.29. The molecule has 0 bridgehead atoms. The van der Waals surface area contributed by atoms with Crippen molar-refractivity contribution in [3.05, 3.63) is 27.8 Å². The molecule has 0 spiro atoms. The van der Waals surface area contributed by atoms with Crippen molar-refractivity contribution >= 4 is 40.2 Å². The van der Waals surface area contributed by atoms with Gasteiger partial charge in [-0.15, -0.1) is 0 Å². The molecule has 1 aliphatic heterocycles. The third-order valence-corrected chi connectivity index (χ3v) is 3.38. The van der Waals surface area contributed by atoms with Crippen LogP contribution < -0.4 is 10.6 Å². The van der Waals surface area contributed by atoms with Gasteiger partial charge in [0.1, 0.15) is 6.54 Å². The molecule has 0 unspecified atom stereocenters. The van der Waals surface area contributed by atoms with Crippen LogP contribution in [-0.4, -0.2) is 36.5 Å². The Morgan fingerprint density at radius 1 is 1.41 bits per heavy atom. The zero-order valence-electron chi connectivity index (χ0n) is 9.07. The smallest absolute Gasteiger partial charge is 0.322 e. The van der Waals surface area contributed by atoms with Crippen molar-refractivity contribution < 1.29 is 9.59 Å². The standard InChI is InChI=1S/C11H12IN3O2/c12-8-3-1-2-4-9(8)14-11(17)15-6-5-13-10(16)7-15/h1-4H,5-7H2,(H,13,16)(H,14,17). The van der Waals surface area contributed by atoms with Gasteiger partial charge in [-0.2, -0.15) is 0 Å². The number of para-hydroxylation sites is 1. The number of nitrogens with zero attached hydrogens (tertiary/aromatic N) is 1. The first-order valence-corrected chi connectivity index (χ1v) is 6.32. The number of piperazine rings is 1. The van der Waals surface area contributed by atoms with Gasteiger partial charge in [-0.25, -0.2) is 4.79 Å². The fourth-order valence-corrected chi connectivity index (χ4v) is 2.09. The van der Waals surface area contributed by atoms with E-state index in [9.17, 15) is 9.59 Å². The minimum absolute atomic E-state index is 0.117. The van der Waals surface area contributed by atoms with Gasteiger partial charge in [-0.3, -0.25) is 4.79 Å². The molecule has 0 saturated carbocycles. The molecular weight excluding hydrogens is 333 g/mol. The Morgan fingerprint density at radius 2 is 2.18 bits per heavy atom. The van der Waals surface area contributed by atoms with Crippen molar-refractivity contribution in [3.8, 4) is 0 Å². The highest BCUT2D eigenvalue weighted by atomic mass is 127. The zero-order chi connectivity index (χ0) is 12.3. The number of benzene rings is 1. The highest BCUT2D eigenvalue weighted by Gasteiger charge is 2.21. The van der Waals surface area contributed by atoms with Crippen molar-refractivity contribution in [2.75, 3.05) is 25.0 Å². The monoisotopic (exact) mass is 345 g/mol. The van der Waals surface area contributed by atoms with E-state index in [1.165, 1.54) is 4.90 Å². The Labute approximate surface area is 113 Å². The number of amides is 3. The predicted molar refractivity (Wildman–Crippen MR) is 72.8 cm³/mol. The molecule has 1 aromatic rings. The van der Waals surface area contributed by atoms with E-state index in [4.69, 9.17) is 0 Å². The molecule has 1 heterocycles. The van der Waals surface area contributed by atoms with Crippen molar-refractivity contribution in [1.82, 2.24) is 10.2 Å². The summed E-state index contributed by atoms with van der Waals surface area (Å²) >= 11 is 2.16. The van der Waals surface area contributed by atoms with Crippen molar-refractivity contribution in [3.63, 3.8) is 0 Å². The summed E-state index contributed by atoms with van der Waals surface area (Å²) in [6.07, 6.45) is 0. The van der Waals surface area contributed by atoms with Crippen molar-refractivity contribution in [2.24, 2.45) is 0 Å². The third kappa shape index (κ3) is 3.09. The molecule has 0 atom stereocenters. The van der Waals surface area contributed by atoms with E-state index in [0.717, 1.165) is 9.26 Å². The molecule has 1 saturated heterocycles. The Hall–Kier alpha value is -1.31. The summed E-state index contributed by atoms with van der Waals surface area (Å²) in [5.41, 5.74) is 0.768. The fraction of sp³-hybridized carbons (Fsp3) is 0.273. The Bertz CT molecular complexity index is 450. The second kappa shape index (κ2) is 5.35. The fourth-order valence-electron chi connectivity index (χ4n) is 1.57. The highest BCUT2D eigenvalue weighted by Crippen LogP contribution is 2.17. The number of urea groups is 1. The van der Waals surface area contributed by atoms with Gasteiger partial charge in [0.15, 0.2) is 0 Å². The highest BCUT2D eigenvalue weighted by molar-refractivity contribution is 14.1. The molecule has 1 fully saturated rings. The van der Waals surface area contributed by atoms with Gasteiger partial charge in [0.05, 0.1) is 5.69 Å². The van der Waals surface area contributed by atoms with Crippen LogP contribution in [0.2, 0.25) is 0 Å². The van der Waals surface area contributed by atoms with Crippen LogP contribution in [0.4, 0.5) is 10.5 Å². The number of hydrogen-bond acceptors (Lipinski definition) is 2. The van der Waals surface area contributed by atoms with E-state index in [1.54, 1.807) is 0 Å². The van der Waals surface area contributed by atoms with E-state index in [0.29, 0.717) is 13.1 Å². The van der Waals surface area contributed by atoms with Crippen molar-refractivity contribution in [2.45, 2.75) is 0 Å². The summed E-state index contributed by atoms with van der Waals surface area (Å²) in [4.78, 5) is 24.6. The summed E-state index contributed by atoms with van der Waals surface area (Å²) in [7, 11) is 0. The summed E-state index contributed by atoms with van der Waals surface area (Å²) in [5.74, 6) is -0.117. The normalized spacial score (nSPS) is 15.4. The molecule has 1 aliphatic rings. The van der Waals surface area contributed by atoms with Crippen LogP contribution in [0.25, 0.3) is 0 Å². The Morgan fingerprint density at radius 3 is 2.88 bits per heavy atom. The summed E-state index contributed by atoms with van der Waals surface area (Å²) in [6.45, 7) is 1.17. The van der Waals surface area contributed by atoms with Crippen LogP contribution in [0, 0.1) is 3.57 Å². The minimum atomic E-state index is -0.232. The molecular formula is C11H12IN3O2. The average molecular weight is 345 g/mol. The molecule has 5 nitrogen and oxygen atoms in total. The number of carbonyl (C=O) groups excluding carboxylic acids is 2. The first-order chi connectivity index (χ1) is 8.16. The third-order valence-electron chi connectivity index (χ3n) is 2.44. The van der Waals surface area contributed by atoms with Crippen LogP contribution in [0.5, 0.6) is 0 Å². The second-order valence-electron chi connectivity index (χ2n) is 3.68. The summed E-state index contributed by atoms with van der Waals surface area (Å²) < 4.78 is 0.972. The molecule has 0 aromatic heterocycles. The maximum Gasteiger partial charge on any atom is 0.322 e. The average Bonchev–Trinajstić information content (AvgIpc) is 2.32. The van der Waals surface area contributed by atoms with Crippen LogP contribution in [0.15, 0.2) is 24.3 Å². The maximum atomic E-state index is 11.9. The zero-order valence-corrected chi connectivity index (χ0v) is 11.2. The van der Waals surface area contributed by atoms with Gasteiger partial charge in [-0.1, -0.05) is 12.1 Å². The van der Waals surface area contributed by atoms with Gasteiger partial charge < -0.3 is 15.5 Å². The van der Waals surface area contributed by atoms with Crippen LogP contribution >= 0.6 is 22.6 Å². The number of carbonyl (C=O) groups is 2. The lowest BCUT2D eigenvalue weighted by Crippen LogP contribution is -2.51. The molecule has 0 radical (unpaired) electrons. The van der Waals surface area contributed by atoms with Gasteiger partial charge in [0.25, 0.3) is 0 Å². The van der Waals surface area contributed by atoms with Gasteiger partial charge in [0, 0.05) is 16.7 Å². The second-order valence-corrected chi connectivity index (χ2v) is 4.84. The largest absolute Gasteiger partial charge is 0.353 e. The lowest BCUT2D eigenvalue weighted by Gasteiger charge is -2.26. The molecule has 17 heavy (non-hydrogen) atoms. The topological polar surface area (TPSA) is 61.4 Å². The first kappa shape index (κ1) is 12.2. The van der Waals surface area contributed by atoms with Gasteiger partial charge >= 0.3 is 6.03 Å². The number of halogens is 1. The number of rotatable bonds is 1. The molecule has 6 heteroatoms. The van der Waals surface area contributed by atoms with Crippen LogP contribution in [-0.2, 0) is 4.79 Å². The minimum Gasteiger partial charge on any atom is -0.353 e. The molecule has 0 aliphatic carbocycles. The molecule has 3 amide bonds. The van der Waals surface area contributed by atoms with Gasteiger partial charge in [0.2, 0.25) is 5.91 Å². The summed E-state index contributed by atoms with van der Waals surface area (Å²) in [5, 5.41) is 5.48. The van der Waals surface area contributed by atoms with E-state index < -0.39 is 0 Å². The Balaban J connectivity index is 2.02. The molecule has 90 valence electrons. The van der Waals surface area contributed by atoms with E-state index >= 15 is 0 Å². The molecule has 1 aromatic carbocycles. The van der Waals surface area contributed by atoms with Crippen molar-refractivity contribution in [1.29, 1.82) is 0 Å². The SMILES string of the molecule is O=C1CN(C(=O)Nc2ccccc2I)CCN1. The Kier molecular flexibility index (Phi) is 3.82. The maximum absolute atomic E-state index is 11.9. The van der Waals surface area contributed by atoms with E-state index in [2.05, 4.69) is 33.2 Å². The first-order valence-electron chi connectivity index (χ1n) is 5.24. The van der Waals surface area contributed by atoms with E-state index in [1.807, 2.05) is 24.3 Å². The number of hydrogen-bond donors (Lipinski definition) is 2. The van der Waals surface area contributed by atoms with Crippen LogP contribution in [0.3, 0.4) is 0 Å². The molecule has 2 rings (SSSR count). The van der Waals surface area contributed by atoms with Gasteiger partial charge in [-0.05, 0) is 34.7 Å². The lowest BCUT2D eigenvalue weighted by molar-refractivity contribution is -0.123. The predicted octanol–water partition coefficient (Wildman–Crippen LogP) is 1.25. The lowest BCUT2D eigenvalue weighted by atomic mass is 10.3. The van der Waals surface area contributed by atoms with Crippen LogP contribution in [0.1, 0.15) is 0 Å². The van der Waals surface area contributed by atoms with E-state index in [-0.39, 0.29) is 18.5 Å².